The maximum absolute atomic E-state index is 13.6. The molecule has 0 aromatic heterocycles. The van der Waals surface area contributed by atoms with E-state index in [1.54, 1.807) is 12.1 Å². The Labute approximate surface area is 107 Å². The number of hydrogen-bond acceptors (Lipinski definition) is 2. The first-order chi connectivity index (χ1) is 8.11. The van der Waals surface area contributed by atoms with Gasteiger partial charge in [0.15, 0.2) is 0 Å². The van der Waals surface area contributed by atoms with Crippen molar-refractivity contribution < 1.29 is 14.0 Å². The smallest absolute Gasteiger partial charge is 0.234 e. The average Bonchev–Trinajstić information content (AvgIpc) is 2.29. The second kappa shape index (κ2) is 4.96. The van der Waals surface area contributed by atoms with Gasteiger partial charge >= 0.3 is 0 Å². The van der Waals surface area contributed by atoms with Gasteiger partial charge in [-0.05, 0) is 23.6 Å². The zero-order chi connectivity index (χ0) is 12.4. The van der Waals surface area contributed by atoms with Crippen molar-refractivity contribution in [2.45, 2.75) is 24.1 Å². The molecule has 17 heavy (non-hydrogen) atoms. The lowest BCUT2D eigenvalue weighted by Gasteiger charge is -2.21. The third kappa shape index (κ3) is 2.54. The predicted molar refractivity (Wildman–Crippen MR) is 64.2 cm³/mol. The molecule has 0 saturated carbocycles. The Bertz CT molecular complexity index is 476. The van der Waals surface area contributed by atoms with Gasteiger partial charge in [-0.25, -0.2) is 4.39 Å². The van der Waals surface area contributed by atoms with E-state index >= 15 is 0 Å². The molecule has 2 amide bonds. The Morgan fingerprint density at radius 2 is 2.18 bits per heavy atom. The summed E-state index contributed by atoms with van der Waals surface area (Å²) in [4.78, 5) is 22.6. The van der Waals surface area contributed by atoms with Gasteiger partial charge in [-0.2, -0.15) is 0 Å². The summed E-state index contributed by atoms with van der Waals surface area (Å²) in [6, 6.07) is 4.76. The van der Waals surface area contributed by atoms with Crippen LogP contribution in [0.25, 0.3) is 0 Å². The molecule has 90 valence electrons. The largest absolute Gasteiger partial charge is 0.296 e. The molecule has 0 radical (unpaired) electrons. The van der Waals surface area contributed by atoms with Gasteiger partial charge in [0.25, 0.3) is 0 Å². The van der Waals surface area contributed by atoms with Crippen molar-refractivity contribution in [3.63, 3.8) is 0 Å². The van der Waals surface area contributed by atoms with E-state index in [-0.39, 0.29) is 17.6 Å². The lowest BCUT2D eigenvalue weighted by molar-refractivity contribution is -0.134. The quantitative estimate of drug-likeness (QED) is 0.672. The summed E-state index contributed by atoms with van der Waals surface area (Å²) in [5.74, 6) is -1.35. The zero-order valence-electron chi connectivity index (χ0n) is 9.00. The topological polar surface area (TPSA) is 46.2 Å². The van der Waals surface area contributed by atoms with Crippen LogP contribution >= 0.6 is 15.9 Å². The maximum Gasteiger partial charge on any atom is 0.234 e. The van der Waals surface area contributed by atoms with Crippen molar-refractivity contribution in [1.29, 1.82) is 0 Å². The Hall–Kier alpha value is -1.23. The number of nitrogens with one attached hydrogen (secondary N) is 1. The number of amides is 2. The number of piperidine rings is 1. The summed E-state index contributed by atoms with van der Waals surface area (Å²) in [6.07, 6.45) is 0.746. The van der Waals surface area contributed by atoms with E-state index in [2.05, 4.69) is 21.2 Å². The molecule has 1 heterocycles. The van der Waals surface area contributed by atoms with E-state index in [9.17, 15) is 14.0 Å². The number of benzene rings is 1. The molecular formula is C12H11BrFNO2. The number of carbonyl (C=O) groups excluding carboxylic acids is 2. The highest BCUT2D eigenvalue weighted by molar-refractivity contribution is 9.08. The third-order valence-corrected chi connectivity index (χ3v) is 3.47. The number of rotatable bonds is 2. The molecule has 0 aliphatic carbocycles. The average molecular weight is 300 g/mol. The Morgan fingerprint density at radius 3 is 2.76 bits per heavy atom. The molecule has 1 atom stereocenters. The zero-order valence-corrected chi connectivity index (χ0v) is 10.6. The van der Waals surface area contributed by atoms with Gasteiger partial charge in [0.05, 0.1) is 5.92 Å². The first kappa shape index (κ1) is 12.2. The van der Waals surface area contributed by atoms with E-state index in [0.29, 0.717) is 29.3 Å². The second-order valence-electron chi connectivity index (χ2n) is 3.99. The number of alkyl halides is 1. The van der Waals surface area contributed by atoms with E-state index in [1.807, 2.05) is 0 Å². The van der Waals surface area contributed by atoms with Crippen LogP contribution in [0.15, 0.2) is 18.2 Å². The van der Waals surface area contributed by atoms with E-state index in [0.717, 1.165) is 0 Å². The molecule has 3 nitrogen and oxygen atoms in total. The van der Waals surface area contributed by atoms with Crippen LogP contribution in [0, 0.1) is 5.82 Å². The lowest BCUT2D eigenvalue weighted by Crippen LogP contribution is -2.39. The fourth-order valence-corrected chi connectivity index (χ4v) is 2.36. The van der Waals surface area contributed by atoms with Gasteiger partial charge < -0.3 is 0 Å². The van der Waals surface area contributed by atoms with Crippen LogP contribution < -0.4 is 5.32 Å². The monoisotopic (exact) mass is 299 g/mol. The normalized spacial score (nSPS) is 20.2. The van der Waals surface area contributed by atoms with Crippen molar-refractivity contribution >= 4 is 27.7 Å². The molecular weight excluding hydrogens is 289 g/mol. The standard InChI is InChI=1S/C12H11BrFNO2/c13-6-8-2-1-7(5-10(8)14)9-3-4-11(16)15-12(9)17/h1-2,5,9H,3-4,6H2,(H,15,16,17). The molecule has 1 aliphatic heterocycles. The minimum absolute atomic E-state index is 0.260. The second-order valence-corrected chi connectivity index (χ2v) is 4.55. The molecule has 2 rings (SSSR count). The van der Waals surface area contributed by atoms with Crippen molar-refractivity contribution in [2.24, 2.45) is 0 Å². The van der Waals surface area contributed by atoms with Crippen LogP contribution in [0.4, 0.5) is 4.39 Å². The third-order valence-electron chi connectivity index (χ3n) is 2.86. The highest BCUT2D eigenvalue weighted by Gasteiger charge is 2.28. The molecule has 0 spiro atoms. The Balaban J connectivity index is 2.25. The number of imide groups is 1. The summed E-state index contributed by atoms with van der Waals surface area (Å²) < 4.78 is 13.6. The first-order valence-corrected chi connectivity index (χ1v) is 6.42. The first-order valence-electron chi connectivity index (χ1n) is 5.30. The summed E-state index contributed by atoms with van der Waals surface area (Å²) >= 11 is 3.18. The molecule has 1 aromatic carbocycles. The SMILES string of the molecule is O=C1CCC(c2ccc(CBr)c(F)c2)C(=O)N1. The van der Waals surface area contributed by atoms with Gasteiger partial charge in [-0.1, -0.05) is 28.1 Å². The fourth-order valence-electron chi connectivity index (χ4n) is 1.90. The number of halogens is 2. The fraction of sp³-hybridized carbons (Fsp3) is 0.333. The van der Waals surface area contributed by atoms with Crippen molar-refractivity contribution in [3.8, 4) is 0 Å². The highest BCUT2D eigenvalue weighted by Crippen LogP contribution is 2.26. The van der Waals surface area contributed by atoms with E-state index in [1.165, 1.54) is 6.07 Å². The van der Waals surface area contributed by atoms with Crippen molar-refractivity contribution in [2.75, 3.05) is 0 Å². The molecule has 0 bridgehead atoms. The van der Waals surface area contributed by atoms with E-state index in [4.69, 9.17) is 0 Å². The van der Waals surface area contributed by atoms with Crippen LogP contribution in [-0.4, -0.2) is 11.8 Å². The minimum Gasteiger partial charge on any atom is -0.296 e. The van der Waals surface area contributed by atoms with Crippen molar-refractivity contribution in [1.82, 2.24) is 5.32 Å². The Kier molecular flexibility index (Phi) is 3.57. The summed E-state index contributed by atoms with van der Waals surface area (Å²) in [6.45, 7) is 0. The van der Waals surface area contributed by atoms with Crippen LogP contribution in [-0.2, 0) is 14.9 Å². The van der Waals surface area contributed by atoms with Gasteiger partial charge in [0, 0.05) is 11.8 Å². The van der Waals surface area contributed by atoms with Crippen LogP contribution in [0.2, 0.25) is 0 Å². The maximum atomic E-state index is 13.6. The number of hydrogen-bond donors (Lipinski definition) is 1. The predicted octanol–water partition coefficient (Wildman–Crippen LogP) is 2.24. The van der Waals surface area contributed by atoms with Crippen LogP contribution in [0.1, 0.15) is 29.9 Å². The van der Waals surface area contributed by atoms with Gasteiger partial charge in [-0.15, -0.1) is 0 Å². The van der Waals surface area contributed by atoms with Crippen LogP contribution in [0.3, 0.4) is 0 Å². The van der Waals surface area contributed by atoms with Crippen molar-refractivity contribution in [3.05, 3.63) is 35.1 Å². The van der Waals surface area contributed by atoms with Gasteiger partial charge in [0.1, 0.15) is 5.82 Å². The molecule has 1 N–H and O–H groups in total. The van der Waals surface area contributed by atoms with Gasteiger partial charge in [-0.3, -0.25) is 14.9 Å². The molecule has 1 aromatic rings. The Morgan fingerprint density at radius 1 is 1.41 bits per heavy atom. The molecule has 1 unspecified atom stereocenters. The van der Waals surface area contributed by atoms with E-state index < -0.39 is 5.92 Å². The molecule has 1 fully saturated rings. The summed E-state index contributed by atoms with van der Waals surface area (Å²) in [7, 11) is 0. The van der Waals surface area contributed by atoms with Crippen LogP contribution in [0.5, 0.6) is 0 Å². The molecule has 1 saturated heterocycles. The highest BCUT2D eigenvalue weighted by atomic mass is 79.9. The lowest BCUT2D eigenvalue weighted by atomic mass is 9.90. The minimum atomic E-state index is -0.424. The number of carbonyl (C=O) groups is 2. The summed E-state index contributed by atoms with van der Waals surface area (Å²) in [5, 5.41) is 2.71. The van der Waals surface area contributed by atoms with Gasteiger partial charge in [0.2, 0.25) is 11.8 Å². The molecule has 1 aliphatic rings. The summed E-state index contributed by atoms with van der Waals surface area (Å²) in [5.41, 5.74) is 1.18. The molecule has 5 heteroatoms.